The minimum Gasteiger partial charge on any atom is -0.370 e. The molecular weight excluding hydrogens is 263 g/mol. The van der Waals surface area contributed by atoms with Gasteiger partial charge in [0.2, 0.25) is 11.8 Å². The molecule has 1 aliphatic rings. The van der Waals surface area contributed by atoms with E-state index >= 15 is 0 Å². The Morgan fingerprint density at radius 3 is 2.32 bits per heavy atom. The van der Waals surface area contributed by atoms with Crippen LogP contribution in [0.3, 0.4) is 0 Å². The van der Waals surface area contributed by atoms with Crippen molar-refractivity contribution in [1.82, 2.24) is 10.2 Å². The number of alkyl halides is 3. The predicted octanol–water partition coefficient (Wildman–Crippen LogP) is 0.252. The molecule has 19 heavy (non-hydrogen) atoms. The van der Waals surface area contributed by atoms with E-state index in [-0.39, 0.29) is 18.4 Å². The molecule has 8 heteroatoms. The first kappa shape index (κ1) is 15.7. The molecule has 110 valence electrons. The fraction of sp³-hybridized carbons (Fsp3) is 0.818. The van der Waals surface area contributed by atoms with Crippen LogP contribution in [0.25, 0.3) is 0 Å². The summed E-state index contributed by atoms with van der Waals surface area (Å²) >= 11 is 0. The Bertz CT molecular complexity index is 326. The van der Waals surface area contributed by atoms with Gasteiger partial charge in [-0.25, -0.2) is 0 Å². The number of nitrogens with one attached hydrogen (secondary N) is 1. The highest BCUT2D eigenvalue weighted by Gasteiger charge is 2.28. The van der Waals surface area contributed by atoms with Crippen LogP contribution in [0.4, 0.5) is 13.2 Å². The molecule has 0 bridgehead atoms. The van der Waals surface area contributed by atoms with Crippen molar-refractivity contribution < 1.29 is 22.8 Å². The summed E-state index contributed by atoms with van der Waals surface area (Å²) in [6.07, 6.45) is -2.59. The van der Waals surface area contributed by atoms with Gasteiger partial charge in [-0.1, -0.05) is 0 Å². The molecule has 0 aromatic rings. The number of primary amides is 1. The second-order valence-corrected chi connectivity index (χ2v) is 4.78. The van der Waals surface area contributed by atoms with Crippen molar-refractivity contribution in [1.29, 1.82) is 0 Å². The van der Waals surface area contributed by atoms with Crippen molar-refractivity contribution in [3.8, 4) is 0 Å². The normalized spacial score (nSPS) is 18.3. The lowest BCUT2D eigenvalue weighted by molar-refractivity contribution is -0.139. The van der Waals surface area contributed by atoms with E-state index in [1.54, 1.807) is 4.90 Å². The summed E-state index contributed by atoms with van der Waals surface area (Å²) in [5.74, 6) is -0.765. The maximum Gasteiger partial charge on any atom is 0.405 e. The van der Waals surface area contributed by atoms with Gasteiger partial charge in [0.25, 0.3) is 0 Å². The number of carbonyl (C=O) groups is 2. The largest absolute Gasteiger partial charge is 0.405 e. The highest BCUT2D eigenvalue weighted by molar-refractivity contribution is 5.78. The third kappa shape index (κ3) is 7.00. The fourth-order valence-corrected chi connectivity index (χ4v) is 2.09. The maximum absolute atomic E-state index is 11.9. The minimum absolute atomic E-state index is 0.0423. The number of hydrogen-bond acceptors (Lipinski definition) is 3. The third-order valence-electron chi connectivity index (χ3n) is 3.05. The molecule has 5 nitrogen and oxygen atoms in total. The summed E-state index contributed by atoms with van der Waals surface area (Å²) in [6, 6.07) is 0. The second-order valence-electron chi connectivity index (χ2n) is 4.78. The molecule has 1 saturated heterocycles. The van der Waals surface area contributed by atoms with Gasteiger partial charge >= 0.3 is 6.18 Å². The molecule has 2 amide bonds. The molecule has 1 rings (SSSR count). The summed E-state index contributed by atoms with van der Waals surface area (Å²) in [5.41, 5.74) is 5.10. The van der Waals surface area contributed by atoms with Crippen LogP contribution in [0.1, 0.15) is 19.3 Å². The van der Waals surface area contributed by atoms with E-state index in [2.05, 4.69) is 0 Å². The van der Waals surface area contributed by atoms with Crippen LogP contribution >= 0.6 is 0 Å². The number of nitrogens with two attached hydrogens (primary N) is 1. The summed E-state index contributed by atoms with van der Waals surface area (Å²) in [4.78, 5) is 23.8. The third-order valence-corrected chi connectivity index (χ3v) is 3.05. The van der Waals surface area contributed by atoms with Crippen molar-refractivity contribution in [3.05, 3.63) is 0 Å². The molecule has 0 aliphatic carbocycles. The Morgan fingerprint density at radius 1 is 1.26 bits per heavy atom. The molecule has 1 aliphatic heterocycles. The zero-order valence-electron chi connectivity index (χ0n) is 10.5. The molecule has 1 heterocycles. The van der Waals surface area contributed by atoms with E-state index in [0.717, 1.165) is 12.8 Å². The smallest absolute Gasteiger partial charge is 0.370 e. The monoisotopic (exact) mass is 281 g/mol. The van der Waals surface area contributed by atoms with Gasteiger partial charge in [-0.3, -0.25) is 14.5 Å². The Kier molecular flexibility index (Phi) is 5.59. The quantitative estimate of drug-likeness (QED) is 0.758. The number of hydrogen-bond donors (Lipinski definition) is 2. The number of rotatable bonds is 5. The highest BCUT2D eigenvalue weighted by Crippen LogP contribution is 2.19. The van der Waals surface area contributed by atoms with Crippen LogP contribution in [-0.2, 0) is 9.59 Å². The Hall–Kier alpha value is -1.31. The number of carbonyl (C=O) groups excluding carboxylic acids is 2. The van der Waals surface area contributed by atoms with Crippen LogP contribution in [0.2, 0.25) is 0 Å². The van der Waals surface area contributed by atoms with E-state index in [0.29, 0.717) is 19.5 Å². The van der Waals surface area contributed by atoms with E-state index in [9.17, 15) is 22.8 Å². The fourth-order valence-electron chi connectivity index (χ4n) is 2.09. The average molecular weight is 281 g/mol. The van der Waals surface area contributed by atoms with Crippen LogP contribution in [0.5, 0.6) is 0 Å². The van der Waals surface area contributed by atoms with Crippen molar-refractivity contribution >= 4 is 11.8 Å². The molecule has 0 spiro atoms. The molecule has 0 saturated carbocycles. The van der Waals surface area contributed by atoms with Gasteiger partial charge in [-0.15, -0.1) is 0 Å². The van der Waals surface area contributed by atoms with Gasteiger partial charge in [0.15, 0.2) is 0 Å². The molecule has 0 aromatic heterocycles. The van der Waals surface area contributed by atoms with Gasteiger partial charge in [0.05, 0.1) is 6.54 Å². The van der Waals surface area contributed by atoms with Gasteiger partial charge in [0.1, 0.15) is 6.54 Å². The van der Waals surface area contributed by atoms with Crippen LogP contribution < -0.4 is 11.1 Å². The van der Waals surface area contributed by atoms with Crippen molar-refractivity contribution in [2.75, 3.05) is 26.2 Å². The zero-order valence-corrected chi connectivity index (χ0v) is 10.5. The number of piperidine rings is 1. The first-order valence-corrected chi connectivity index (χ1v) is 6.10. The number of amides is 2. The molecule has 0 unspecified atom stereocenters. The van der Waals surface area contributed by atoms with Gasteiger partial charge in [-0.2, -0.15) is 13.2 Å². The summed E-state index contributed by atoms with van der Waals surface area (Å²) in [7, 11) is 0. The van der Waals surface area contributed by atoms with E-state index < -0.39 is 18.6 Å². The summed E-state index contributed by atoms with van der Waals surface area (Å²) < 4.78 is 35.7. The average Bonchev–Trinajstić information content (AvgIpc) is 2.28. The standard InChI is InChI=1S/C11H18F3N3O2/c12-11(13,14)7-16-10(19)6-17-3-1-8(2-4-17)5-9(15)18/h8H,1-7H2,(H2,15,18)(H,16,19). The van der Waals surface area contributed by atoms with Gasteiger partial charge < -0.3 is 11.1 Å². The molecule has 0 aromatic carbocycles. The molecule has 0 radical (unpaired) electrons. The predicted molar refractivity (Wildman–Crippen MR) is 62.0 cm³/mol. The van der Waals surface area contributed by atoms with E-state index in [4.69, 9.17) is 5.73 Å². The molecule has 0 atom stereocenters. The first-order valence-electron chi connectivity index (χ1n) is 6.10. The molecular formula is C11H18F3N3O2. The maximum atomic E-state index is 11.9. The topological polar surface area (TPSA) is 75.4 Å². The highest BCUT2D eigenvalue weighted by atomic mass is 19.4. The molecule has 1 fully saturated rings. The Balaban J connectivity index is 2.21. The summed E-state index contributed by atoms with van der Waals surface area (Å²) in [5, 5.41) is 1.83. The number of nitrogens with zero attached hydrogens (tertiary/aromatic N) is 1. The number of halogens is 3. The summed E-state index contributed by atoms with van der Waals surface area (Å²) in [6.45, 7) is -0.155. The van der Waals surface area contributed by atoms with Crippen molar-refractivity contribution in [2.45, 2.75) is 25.4 Å². The second kappa shape index (κ2) is 6.74. The lowest BCUT2D eigenvalue weighted by atomic mass is 9.93. The van der Waals surface area contributed by atoms with Crippen molar-refractivity contribution in [3.63, 3.8) is 0 Å². The lowest BCUT2D eigenvalue weighted by Gasteiger charge is -2.30. The van der Waals surface area contributed by atoms with E-state index in [1.165, 1.54) is 0 Å². The van der Waals surface area contributed by atoms with E-state index in [1.807, 2.05) is 5.32 Å². The van der Waals surface area contributed by atoms with Gasteiger partial charge in [0, 0.05) is 6.42 Å². The first-order chi connectivity index (χ1) is 8.76. The zero-order chi connectivity index (χ0) is 14.5. The van der Waals surface area contributed by atoms with Gasteiger partial charge in [-0.05, 0) is 31.8 Å². The Labute approximate surface area is 109 Å². The SMILES string of the molecule is NC(=O)CC1CCN(CC(=O)NCC(F)(F)F)CC1. The molecule has 3 N–H and O–H groups in total. The van der Waals surface area contributed by atoms with Crippen LogP contribution in [0.15, 0.2) is 0 Å². The minimum atomic E-state index is -4.38. The van der Waals surface area contributed by atoms with Crippen LogP contribution in [-0.4, -0.2) is 49.1 Å². The van der Waals surface area contributed by atoms with Crippen molar-refractivity contribution in [2.24, 2.45) is 11.7 Å². The lowest BCUT2D eigenvalue weighted by Crippen LogP contribution is -2.44. The number of likely N-dealkylation sites (tertiary alicyclic amines) is 1. The Morgan fingerprint density at radius 2 is 1.84 bits per heavy atom. The van der Waals surface area contributed by atoms with Crippen LogP contribution in [0, 0.1) is 5.92 Å².